The van der Waals surface area contributed by atoms with E-state index < -0.39 is 0 Å². The highest BCUT2D eigenvalue weighted by Gasteiger charge is 2.53. The van der Waals surface area contributed by atoms with Crippen LogP contribution in [-0.4, -0.2) is 28.5 Å². The van der Waals surface area contributed by atoms with Crippen molar-refractivity contribution < 1.29 is 0 Å². The molecule has 5 atom stereocenters. The van der Waals surface area contributed by atoms with Crippen LogP contribution >= 0.6 is 0 Å². The number of hydrogen-bond acceptors (Lipinski definition) is 3. The molecule has 1 N–H and O–H groups in total. The van der Waals surface area contributed by atoms with Crippen LogP contribution in [0.25, 0.3) is 0 Å². The summed E-state index contributed by atoms with van der Waals surface area (Å²) in [6.45, 7) is 6.62. The van der Waals surface area contributed by atoms with Crippen LogP contribution in [0.1, 0.15) is 20.8 Å². The van der Waals surface area contributed by atoms with E-state index in [4.69, 9.17) is 0 Å². The van der Waals surface area contributed by atoms with Gasteiger partial charge in [-0.2, -0.15) is 0 Å². The molecule has 2 fully saturated rings. The molecule has 0 aromatic rings. The van der Waals surface area contributed by atoms with Gasteiger partial charge < -0.3 is 0 Å². The quantitative estimate of drug-likeness (QED) is 0.467. The van der Waals surface area contributed by atoms with Crippen molar-refractivity contribution in [2.45, 2.75) is 39.3 Å². The van der Waals surface area contributed by atoms with Gasteiger partial charge in [0.15, 0.2) is 0 Å². The fourth-order valence-corrected chi connectivity index (χ4v) is 1.85. The second kappa shape index (κ2) is 1.48. The van der Waals surface area contributed by atoms with Crippen molar-refractivity contribution >= 4 is 0 Å². The van der Waals surface area contributed by atoms with Crippen LogP contribution in [0.15, 0.2) is 0 Å². The Kier molecular flexibility index (Phi) is 0.928. The van der Waals surface area contributed by atoms with Gasteiger partial charge in [-0.05, 0) is 20.8 Å². The fourth-order valence-electron chi connectivity index (χ4n) is 1.85. The first-order valence-corrected chi connectivity index (χ1v) is 3.54. The van der Waals surface area contributed by atoms with Gasteiger partial charge in [0, 0.05) is 0 Å². The van der Waals surface area contributed by atoms with Crippen molar-refractivity contribution in [3.8, 4) is 0 Å². The molecule has 0 spiro atoms. The number of nitrogens with one attached hydrogen (secondary N) is 1. The van der Waals surface area contributed by atoms with Gasteiger partial charge >= 0.3 is 0 Å². The fraction of sp³-hybridized carbons (Fsp3) is 1.00. The van der Waals surface area contributed by atoms with Crippen molar-refractivity contribution in [2.75, 3.05) is 0 Å². The standard InChI is InChI=1S/C6H13N3/c1-4-7-5(2)9-6(3)8(4)9/h4-7H,1-3H3/t4-,5+,6?,8?,9?. The molecule has 0 aromatic carbocycles. The molecule has 3 nitrogen and oxygen atoms in total. The molecule has 0 saturated carbocycles. The van der Waals surface area contributed by atoms with E-state index >= 15 is 0 Å². The highest BCUT2D eigenvalue weighted by Crippen LogP contribution is 2.34. The first kappa shape index (κ1) is 5.65. The molecule has 2 aliphatic rings. The zero-order valence-electron chi connectivity index (χ0n) is 6.13. The van der Waals surface area contributed by atoms with Gasteiger partial charge in [-0.25, -0.2) is 10.0 Å². The van der Waals surface area contributed by atoms with Crippen LogP contribution in [0.5, 0.6) is 0 Å². The molecular formula is C6H13N3. The van der Waals surface area contributed by atoms with Crippen LogP contribution in [0.3, 0.4) is 0 Å². The average Bonchev–Trinajstić information content (AvgIpc) is 2.30. The molecule has 0 aromatic heterocycles. The van der Waals surface area contributed by atoms with Crippen LogP contribution in [0.2, 0.25) is 0 Å². The third kappa shape index (κ3) is 0.569. The van der Waals surface area contributed by atoms with Gasteiger partial charge in [-0.1, -0.05) is 0 Å². The van der Waals surface area contributed by atoms with Gasteiger partial charge in [0.1, 0.15) is 0 Å². The molecule has 2 saturated heterocycles. The van der Waals surface area contributed by atoms with Crippen LogP contribution < -0.4 is 5.32 Å². The smallest absolute Gasteiger partial charge is 0.0903 e. The number of fused-ring (bicyclic) bond motifs is 1. The summed E-state index contributed by atoms with van der Waals surface area (Å²) in [5, 5.41) is 8.10. The van der Waals surface area contributed by atoms with Crippen LogP contribution in [0, 0.1) is 0 Å². The molecule has 2 heterocycles. The molecule has 2 rings (SSSR count). The first-order chi connectivity index (χ1) is 4.22. The third-order valence-electron chi connectivity index (χ3n) is 2.25. The number of rotatable bonds is 0. The predicted octanol–water partition coefficient (Wildman–Crippen LogP) is 0.160. The Bertz CT molecular complexity index is 122. The summed E-state index contributed by atoms with van der Waals surface area (Å²) in [6, 6.07) is 0. The van der Waals surface area contributed by atoms with Gasteiger partial charge in [0.2, 0.25) is 0 Å². The third-order valence-corrected chi connectivity index (χ3v) is 2.25. The summed E-state index contributed by atoms with van der Waals surface area (Å²) >= 11 is 0. The molecule has 3 heteroatoms. The van der Waals surface area contributed by atoms with E-state index in [2.05, 4.69) is 36.1 Å². The highest BCUT2D eigenvalue weighted by molar-refractivity contribution is 4.92. The van der Waals surface area contributed by atoms with Gasteiger partial charge in [-0.3, -0.25) is 5.32 Å². The lowest BCUT2D eigenvalue weighted by molar-refractivity contribution is 0.326. The van der Waals surface area contributed by atoms with E-state index in [9.17, 15) is 0 Å². The second-order valence-electron chi connectivity index (χ2n) is 2.91. The van der Waals surface area contributed by atoms with Gasteiger partial charge in [-0.15, -0.1) is 0 Å². The lowest BCUT2D eigenvalue weighted by atomic mass is 10.4. The molecule has 3 unspecified atom stereocenters. The lowest BCUT2D eigenvalue weighted by Gasteiger charge is -2.10. The molecule has 9 heavy (non-hydrogen) atoms. The summed E-state index contributed by atoms with van der Waals surface area (Å²) in [5.41, 5.74) is 0. The van der Waals surface area contributed by atoms with Crippen molar-refractivity contribution in [1.82, 2.24) is 15.3 Å². The topological polar surface area (TPSA) is 18.0 Å². The van der Waals surface area contributed by atoms with Gasteiger partial charge in [0.05, 0.1) is 18.5 Å². The molecule has 0 aliphatic carbocycles. The molecule has 0 radical (unpaired) electrons. The summed E-state index contributed by atoms with van der Waals surface area (Å²) in [4.78, 5) is 0. The van der Waals surface area contributed by atoms with E-state index in [-0.39, 0.29) is 0 Å². The Morgan fingerprint density at radius 3 is 1.67 bits per heavy atom. The molecule has 0 bridgehead atoms. The predicted molar refractivity (Wildman–Crippen MR) is 35.2 cm³/mol. The molecule has 2 aliphatic heterocycles. The highest BCUT2D eigenvalue weighted by atomic mass is 15.9. The molecular weight excluding hydrogens is 114 g/mol. The minimum absolute atomic E-state index is 0.551. The Hall–Kier alpha value is -0.120. The minimum atomic E-state index is 0.551. The maximum atomic E-state index is 3.40. The van der Waals surface area contributed by atoms with Gasteiger partial charge in [0.25, 0.3) is 0 Å². The average molecular weight is 127 g/mol. The number of hydrogen-bond donors (Lipinski definition) is 1. The number of hydrazine groups is 1. The van der Waals surface area contributed by atoms with Crippen LogP contribution in [-0.2, 0) is 0 Å². The lowest BCUT2D eigenvalue weighted by Crippen LogP contribution is -2.35. The summed E-state index contributed by atoms with van der Waals surface area (Å²) < 4.78 is 0. The zero-order chi connectivity index (χ0) is 6.59. The second-order valence-corrected chi connectivity index (χ2v) is 2.91. The van der Waals surface area contributed by atoms with Crippen molar-refractivity contribution in [3.05, 3.63) is 0 Å². The Labute approximate surface area is 55.6 Å². The van der Waals surface area contributed by atoms with E-state index in [0.29, 0.717) is 18.5 Å². The maximum Gasteiger partial charge on any atom is 0.0903 e. The first-order valence-electron chi connectivity index (χ1n) is 3.54. The minimum Gasteiger partial charge on any atom is -0.284 e. The van der Waals surface area contributed by atoms with Crippen molar-refractivity contribution in [3.63, 3.8) is 0 Å². The van der Waals surface area contributed by atoms with E-state index in [1.165, 1.54) is 0 Å². The molecule has 52 valence electrons. The van der Waals surface area contributed by atoms with E-state index in [1.807, 2.05) is 0 Å². The zero-order valence-corrected chi connectivity index (χ0v) is 6.13. The Morgan fingerprint density at radius 2 is 1.44 bits per heavy atom. The largest absolute Gasteiger partial charge is 0.284 e. The number of nitrogens with zero attached hydrogens (tertiary/aromatic N) is 2. The maximum absolute atomic E-state index is 3.40. The summed E-state index contributed by atoms with van der Waals surface area (Å²) in [5.74, 6) is 0. The molecule has 0 amide bonds. The van der Waals surface area contributed by atoms with E-state index in [0.717, 1.165) is 0 Å². The van der Waals surface area contributed by atoms with Crippen molar-refractivity contribution in [2.24, 2.45) is 0 Å². The van der Waals surface area contributed by atoms with Crippen LogP contribution in [0.4, 0.5) is 0 Å². The SMILES string of the molecule is CC1N2[C@H](C)N[C@H](C)N12. The summed E-state index contributed by atoms with van der Waals surface area (Å²) in [6.07, 6.45) is 1.78. The normalized spacial score (nSPS) is 63.7. The summed E-state index contributed by atoms with van der Waals surface area (Å²) in [7, 11) is 0. The van der Waals surface area contributed by atoms with E-state index in [1.54, 1.807) is 0 Å². The van der Waals surface area contributed by atoms with Crippen molar-refractivity contribution in [1.29, 1.82) is 0 Å². The Morgan fingerprint density at radius 1 is 1.00 bits per heavy atom. The Balaban J connectivity index is 2.10. The monoisotopic (exact) mass is 127 g/mol.